The van der Waals surface area contributed by atoms with Crippen molar-refractivity contribution in [2.24, 2.45) is 0 Å². The Morgan fingerprint density at radius 3 is 3.00 bits per heavy atom. The smallest absolute Gasteiger partial charge is 0.345 e. The van der Waals surface area contributed by atoms with Crippen molar-refractivity contribution in [3.8, 4) is 5.82 Å². The summed E-state index contributed by atoms with van der Waals surface area (Å²) < 4.78 is 1.65. The fourth-order valence-electron chi connectivity index (χ4n) is 1.89. The maximum Gasteiger partial charge on any atom is 0.345 e. The lowest BCUT2D eigenvalue weighted by Crippen LogP contribution is -2.00. The zero-order chi connectivity index (χ0) is 13.4. The third-order valence-corrected chi connectivity index (χ3v) is 3.86. The van der Waals surface area contributed by atoms with Gasteiger partial charge >= 0.3 is 5.97 Å². The molecule has 0 atom stereocenters. The minimum atomic E-state index is -0.922. The summed E-state index contributed by atoms with van der Waals surface area (Å²) in [4.78, 5) is 12.2. The Hall–Kier alpha value is -2.28. The van der Waals surface area contributed by atoms with E-state index < -0.39 is 5.97 Å². The summed E-state index contributed by atoms with van der Waals surface area (Å²) in [5.41, 5.74) is 0.865. The molecule has 0 aromatic carbocycles. The van der Waals surface area contributed by atoms with Gasteiger partial charge in [-0.25, -0.2) is 9.48 Å². The molecule has 0 aliphatic rings. The number of rotatable bonds is 3. The fourth-order valence-corrected chi connectivity index (χ4v) is 2.87. The Labute approximate surface area is 112 Å². The molecular weight excluding hydrogens is 264 g/mol. The highest BCUT2D eigenvalue weighted by Gasteiger charge is 2.18. The van der Waals surface area contributed by atoms with Crippen LogP contribution in [0, 0.1) is 0 Å². The van der Waals surface area contributed by atoms with E-state index in [0.29, 0.717) is 10.7 Å². The molecule has 0 aliphatic carbocycles. The predicted molar refractivity (Wildman–Crippen MR) is 70.9 cm³/mol. The molecule has 3 rings (SSSR count). The molecule has 1 N–H and O–H groups in total. The molecular formula is C12H10N4O2S. The summed E-state index contributed by atoms with van der Waals surface area (Å²) in [6.45, 7) is 1.99. The molecule has 96 valence electrons. The van der Waals surface area contributed by atoms with Crippen molar-refractivity contribution in [3.05, 3.63) is 35.0 Å². The molecule has 0 radical (unpaired) electrons. The van der Waals surface area contributed by atoms with E-state index in [-0.39, 0.29) is 0 Å². The highest BCUT2D eigenvalue weighted by molar-refractivity contribution is 7.20. The van der Waals surface area contributed by atoms with Crippen molar-refractivity contribution in [1.29, 1.82) is 0 Å². The standard InChI is InChI=1S/C12H10N4O2S/c1-2-8-7-6-9(12(17)18)19-11(7)16(15-8)10-4-3-5-13-14-10/h3-6H,2H2,1H3,(H,17,18). The first kappa shape index (κ1) is 11.8. The zero-order valence-corrected chi connectivity index (χ0v) is 10.9. The van der Waals surface area contributed by atoms with Crippen molar-refractivity contribution in [3.63, 3.8) is 0 Å². The lowest BCUT2D eigenvalue weighted by Gasteiger charge is -1.98. The number of hydrogen-bond acceptors (Lipinski definition) is 5. The third-order valence-electron chi connectivity index (χ3n) is 2.76. The molecule has 7 heteroatoms. The van der Waals surface area contributed by atoms with Gasteiger partial charge in [-0.2, -0.15) is 10.2 Å². The van der Waals surface area contributed by atoms with Crippen molar-refractivity contribution in [2.75, 3.05) is 0 Å². The highest BCUT2D eigenvalue weighted by atomic mass is 32.1. The van der Waals surface area contributed by atoms with Crippen molar-refractivity contribution in [2.45, 2.75) is 13.3 Å². The van der Waals surface area contributed by atoms with Gasteiger partial charge in [-0.3, -0.25) is 0 Å². The van der Waals surface area contributed by atoms with Crippen LogP contribution in [0.2, 0.25) is 0 Å². The third kappa shape index (κ3) is 1.88. The monoisotopic (exact) mass is 274 g/mol. The molecule has 3 aromatic rings. The summed E-state index contributed by atoms with van der Waals surface area (Å²) in [5, 5.41) is 22.3. The highest BCUT2D eigenvalue weighted by Crippen LogP contribution is 2.30. The molecule has 0 aliphatic heterocycles. The average Bonchev–Trinajstić information content (AvgIpc) is 2.98. The maximum atomic E-state index is 11.1. The molecule has 0 unspecified atom stereocenters. The minimum absolute atomic E-state index is 0.305. The van der Waals surface area contributed by atoms with E-state index in [1.54, 1.807) is 29.1 Å². The molecule has 19 heavy (non-hydrogen) atoms. The molecule has 3 aromatic heterocycles. The number of fused-ring (bicyclic) bond motifs is 1. The molecule has 3 heterocycles. The number of nitrogens with zero attached hydrogens (tertiary/aromatic N) is 4. The Balaban J connectivity index is 2.27. The SMILES string of the molecule is CCc1nn(-c2cccnn2)c2sc(C(=O)O)cc12. The van der Waals surface area contributed by atoms with Crippen LogP contribution in [0.15, 0.2) is 24.4 Å². The molecule has 0 saturated carbocycles. The molecule has 6 nitrogen and oxygen atoms in total. The van der Waals surface area contributed by atoms with E-state index in [0.717, 1.165) is 22.3 Å². The number of thiophene rings is 1. The van der Waals surface area contributed by atoms with Crippen molar-refractivity contribution >= 4 is 27.5 Å². The van der Waals surface area contributed by atoms with Gasteiger partial charge in [-0.05, 0) is 24.6 Å². The van der Waals surface area contributed by atoms with E-state index in [1.165, 1.54) is 11.3 Å². The van der Waals surface area contributed by atoms with E-state index in [2.05, 4.69) is 15.3 Å². The minimum Gasteiger partial charge on any atom is -0.477 e. The number of aryl methyl sites for hydroxylation is 1. The second-order valence-electron chi connectivity index (χ2n) is 3.93. The Bertz CT molecular complexity index is 748. The van der Waals surface area contributed by atoms with Gasteiger partial charge in [0, 0.05) is 11.6 Å². The van der Waals surface area contributed by atoms with Crippen LogP contribution in [0.4, 0.5) is 0 Å². The van der Waals surface area contributed by atoms with Crippen LogP contribution in [0.1, 0.15) is 22.3 Å². The summed E-state index contributed by atoms with van der Waals surface area (Å²) >= 11 is 1.20. The Kier molecular flexibility index (Phi) is 2.75. The van der Waals surface area contributed by atoms with E-state index in [9.17, 15) is 4.79 Å². The van der Waals surface area contributed by atoms with Gasteiger partial charge in [-0.1, -0.05) is 6.92 Å². The van der Waals surface area contributed by atoms with E-state index in [1.807, 2.05) is 6.92 Å². The number of carbonyl (C=O) groups is 1. The van der Waals surface area contributed by atoms with Crippen molar-refractivity contribution in [1.82, 2.24) is 20.0 Å². The van der Waals surface area contributed by atoms with Crippen LogP contribution in [0.25, 0.3) is 16.0 Å². The number of carboxylic acids is 1. The molecule has 0 fully saturated rings. The van der Waals surface area contributed by atoms with Crippen LogP contribution in [0.5, 0.6) is 0 Å². The normalized spacial score (nSPS) is 11.0. The van der Waals surface area contributed by atoms with Gasteiger partial charge in [0.05, 0.1) is 5.69 Å². The molecule has 0 saturated heterocycles. The predicted octanol–water partition coefficient (Wildman–Crippen LogP) is 2.14. The second kappa shape index (κ2) is 4.43. The first-order valence-electron chi connectivity index (χ1n) is 5.73. The van der Waals surface area contributed by atoms with E-state index in [4.69, 9.17) is 5.11 Å². The quantitative estimate of drug-likeness (QED) is 0.791. The second-order valence-corrected chi connectivity index (χ2v) is 4.96. The lowest BCUT2D eigenvalue weighted by molar-refractivity contribution is 0.0702. The summed E-state index contributed by atoms with van der Waals surface area (Å²) in [6.07, 6.45) is 2.32. The van der Waals surface area contributed by atoms with Gasteiger partial charge < -0.3 is 5.11 Å². The van der Waals surface area contributed by atoms with Gasteiger partial charge in [0.25, 0.3) is 0 Å². The van der Waals surface area contributed by atoms with E-state index >= 15 is 0 Å². The van der Waals surface area contributed by atoms with Gasteiger partial charge in [0.1, 0.15) is 9.71 Å². The Morgan fingerprint density at radius 2 is 2.37 bits per heavy atom. The lowest BCUT2D eigenvalue weighted by atomic mass is 10.2. The maximum absolute atomic E-state index is 11.1. The van der Waals surface area contributed by atoms with Crippen LogP contribution in [0.3, 0.4) is 0 Å². The fraction of sp³-hybridized carbons (Fsp3) is 0.167. The number of carboxylic acid groups (broad SMARTS) is 1. The van der Waals surface area contributed by atoms with Gasteiger partial charge in [-0.15, -0.1) is 16.4 Å². The van der Waals surface area contributed by atoms with Gasteiger partial charge in [0.2, 0.25) is 0 Å². The first-order valence-corrected chi connectivity index (χ1v) is 6.55. The number of hydrogen-bond donors (Lipinski definition) is 1. The van der Waals surface area contributed by atoms with Gasteiger partial charge in [0.15, 0.2) is 5.82 Å². The first-order chi connectivity index (χ1) is 9.20. The largest absolute Gasteiger partial charge is 0.477 e. The zero-order valence-electron chi connectivity index (χ0n) is 10.1. The molecule has 0 amide bonds. The molecule has 0 bridgehead atoms. The van der Waals surface area contributed by atoms with Crippen LogP contribution >= 0.6 is 11.3 Å². The Morgan fingerprint density at radius 1 is 1.53 bits per heavy atom. The number of aromatic carboxylic acids is 1. The summed E-state index contributed by atoms with van der Waals surface area (Å²) in [5.74, 6) is -0.333. The average molecular weight is 274 g/mol. The summed E-state index contributed by atoms with van der Waals surface area (Å²) in [6, 6.07) is 5.23. The summed E-state index contributed by atoms with van der Waals surface area (Å²) in [7, 11) is 0. The van der Waals surface area contributed by atoms with Crippen LogP contribution in [-0.4, -0.2) is 31.1 Å². The number of aromatic nitrogens is 4. The van der Waals surface area contributed by atoms with Crippen LogP contribution < -0.4 is 0 Å². The van der Waals surface area contributed by atoms with Crippen molar-refractivity contribution < 1.29 is 9.90 Å². The van der Waals surface area contributed by atoms with Crippen LogP contribution in [-0.2, 0) is 6.42 Å². The topological polar surface area (TPSA) is 80.9 Å². The molecule has 0 spiro atoms.